The summed E-state index contributed by atoms with van der Waals surface area (Å²) in [6.07, 6.45) is 1.45. The number of carbonyl (C=O) groups excluding carboxylic acids is 4. The minimum absolute atomic E-state index is 0.146. The quantitative estimate of drug-likeness (QED) is 0.198. The van der Waals surface area contributed by atoms with E-state index in [2.05, 4.69) is 15.6 Å². The van der Waals surface area contributed by atoms with Crippen LogP contribution in [0.25, 0.3) is 6.08 Å². The van der Waals surface area contributed by atoms with E-state index in [0.29, 0.717) is 17.7 Å². The van der Waals surface area contributed by atoms with E-state index >= 15 is 0 Å². The highest BCUT2D eigenvalue weighted by Gasteiger charge is 2.40. The Morgan fingerprint density at radius 2 is 1.73 bits per heavy atom. The topological polar surface area (TPSA) is 182 Å². The molecule has 0 aliphatic carbocycles. The predicted octanol–water partition coefficient (Wildman–Crippen LogP) is 3.68. The lowest BCUT2D eigenvalue weighted by molar-refractivity contribution is -0.134. The first-order chi connectivity index (χ1) is 21.2. The van der Waals surface area contributed by atoms with Crippen LogP contribution in [0.5, 0.6) is 17.2 Å². The molecule has 5 N–H and O–H groups in total. The van der Waals surface area contributed by atoms with E-state index in [0.717, 1.165) is 11.8 Å². The van der Waals surface area contributed by atoms with Crippen LogP contribution in [0.2, 0.25) is 0 Å². The van der Waals surface area contributed by atoms with Crippen LogP contribution in [-0.4, -0.2) is 77.4 Å². The van der Waals surface area contributed by atoms with E-state index in [-0.39, 0.29) is 40.3 Å². The molecule has 1 fully saturated rings. The third-order valence-electron chi connectivity index (χ3n) is 6.38. The molecule has 1 saturated heterocycles. The van der Waals surface area contributed by atoms with Crippen molar-refractivity contribution in [2.45, 2.75) is 58.2 Å². The van der Waals surface area contributed by atoms with Crippen LogP contribution in [0.1, 0.15) is 46.1 Å². The number of nitrogens with two attached hydrogens (primary N) is 1. The maximum absolute atomic E-state index is 13.7. The minimum atomic E-state index is -1.08. The summed E-state index contributed by atoms with van der Waals surface area (Å²) in [5.74, 6) is -1.76. The zero-order chi connectivity index (χ0) is 33.3. The summed E-state index contributed by atoms with van der Waals surface area (Å²) < 4.78 is 15.7. The normalized spacial score (nSPS) is 16.3. The van der Waals surface area contributed by atoms with Crippen LogP contribution < -0.4 is 25.8 Å². The standard InChI is InChI=1S/C31H39N5O8S/c1-18(27(39)35-21(26(32)38)13-10-14-33-30(41)44-31(2,3)4)36-28(40)24(45-29(36)34-20-11-8-7-9-12-20)17-19-15-22(42-5)25(37)23(16-19)43-6/h7-9,11-12,15-18,21,37H,10,13-14H2,1-6H3,(H2,32,38)(H,33,41)(H,35,39)/b24-17-,34-29?/t18-,21+/m1/s1. The van der Waals surface area contributed by atoms with Gasteiger partial charge in [-0.25, -0.2) is 9.79 Å². The number of benzene rings is 2. The molecular formula is C31H39N5O8S. The fourth-order valence-electron chi connectivity index (χ4n) is 4.17. The average Bonchev–Trinajstić information content (AvgIpc) is 3.27. The molecule has 14 heteroatoms. The van der Waals surface area contributed by atoms with Gasteiger partial charge in [0, 0.05) is 6.54 Å². The number of amides is 4. The Morgan fingerprint density at radius 3 is 2.29 bits per heavy atom. The summed E-state index contributed by atoms with van der Waals surface area (Å²) in [5, 5.41) is 15.8. The number of methoxy groups -OCH3 is 2. The van der Waals surface area contributed by atoms with Crippen LogP contribution in [0.15, 0.2) is 52.4 Å². The monoisotopic (exact) mass is 641 g/mol. The first kappa shape index (κ1) is 34.8. The number of hydrogen-bond donors (Lipinski definition) is 4. The molecule has 2 aromatic carbocycles. The van der Waals surface area contributed by atoms with E-state index in [9.17, 15) is 24.3 Å². The van der Waals surface area contributed by atoms with Crippen LogP contribution >= 0.6 is 11.8 Å². The second-order valence-electron chi connectivity index (χ2n) is 11.0. The molecule has 0 radical (unpaired) electrons. The number of phenols is 1. The Labute approximate surface area is 266 Å². The molecule has 13 nitrogen and oxygen atoms in total. The Kier molecular flexibility index (Phi) is 11.8. The number of nitrogens with one attached hydrogen (secondary N) is 2. The third-order valence-corrected chi connectivity index (χ3v) is 7.37. The Balaban J connectivity index is 1.82. The zero-order valence-electron chi connectivity index (χ0n) is 26.1. The minimum Gasteiger partial charge on any atom is -0.502 e. The number of phenolic OH excluding ortho intramolecular Hbond substituents is 1. The van der Waals surface area contributed by atoms with Crippen LogP contribution in [0.4, 0.5) is 10.5 Å². The number of thioether (sulfide) groups is 1. The maximum Gasteiger partial charge on any atom is 0.407 e. The van der Waals surface area contributed by atoms with Crippen molar-refractivity contribution in [1.29, 1.82) is 0 Å². The molecule has 45 heavy (non-hydrogen) atoms. The number of hydrogen-bond acceptors (Lipinski definition) is 10. The van der Waals surface area contributed by atoms with E-state index in [1.165, 1.54) is 26.0 Å². The number of aromatic hydroxyl groups is 1. The molecule has 0 spiro atoms. The van der Waals surface area contributed by atoms with Crippen molar-refractivity contribution in [2.75, 3.05) is 20.8 Å². The lowest BCUT2D eigenvalue weighted by Crippen LogP contribution is -2.53. The van der Waals surface area contributed by atoms with Gasteiger partial charge in [-0.15, -0.1) is 0 Å². The molecular weight excluding hydrogens is 602 g/mol. The summed E-state index contributed by atoms with van der Waals surface area (Å²) in [4.78, 5) is 57.3. The molecule has 1 aliphatic heterocycles. The first-order valence-corrected chi connectivity index (χ1v) is 14.9. The van der Waals surface area contributed by atoms with E-state index in [1.54, 1.807) is 63.2 Å². The van der Waals surface area contributed by atoms with Gasteiger partial charge in [-0.05, 0) is 88.2 Å². The number of primary amides is 1. The first-order valence-electron chi connectivity index (χ1n) is 14.1. The highest BCUT2D eigenvalue weighted by atomic mass is 32.2. The highest BCUT2D eigenvalue weighted by molar-refractivity contribution is 8.18. The number of ether oxygens (including phenoxy) is 3. The maximum atomic E-state index is 13.7. The van der Waals surface area contributed by atoms with Crippen LogP contribution in [0.3, 0.4) is 0 Å². The van der Waals surface area contributed by atoms with E-state index < -0.39 is 41.5 Å². The van der Waals surface area contributed by atoms with Crippen molar-refractivity contribution in [3.05, 3.63) is 52.9 Å². The van der Waals surface area contributed by atoms with Gasteiger partial charge in [0.2, 0.25) is 17.6 Å². The summed E-state index contributed by atoms with van der Waals surface area (Å²) in [5.41, 5.74) is 5.98. The Morgan fingerprint density at radius 1 is 1.11 bits per heavy atom. The SMILES string of the molecule is COc1cc(/C=C2\SC(=Nc3ccccc3)N([C@H](C)C(=O)N[C@@H](CCCNC(=O)OC(C)(C)C)C(N)=O)C2=O)cc(OC)c1O. The van der Waals surface area contributed by atoms with Crippen molar-refractivity contribution < 1.29 is 38.5 Å². The Bertz CT molecular complexity index is 1450. The second-order valence-corrected chi connectivity index (χ2v) is 12.0. The van der Waals surface area contributed by atoms with Crippen molar-refractivity contribution in [1.82, 2.24) is 15.5 Å². The van der Waals surface area contributed by atoms with Crippen molar-refractivity contribution in [2.24, 2.45) is 10.7 Å². The molecule has 0 aromatic heterocycles. The summed E-state index contributed by atoms with van der Waals surface area (Å²) >= 11 is 1.06. The Hall–Kier alpha value is -4.72. The number of rotatable bonds is 12. The summed E-state index contributed by atoms with van der Waals surface area (Å²) in [6.45, 7) is 6.94. The van der Waals surface area contributed by atoms with Gasteiger partial charge in [-0.1, -0.05) is 18.2 Å². The predicted molar refractivity (Wildman–Crippen MR) is 171 cm³/mol. The van der Waals surface area contributed by atoms with Gasteiger partial charge in [-0.3, -0.25) is 19.3 Å². The number of carbonyl (C=O) groups is 4. The average molecular weight is 642 g/mol. The molecule has 4 amide bonds. The van der Waals surface area contributed by atoms with Gasteiger partial charge in [0.05, 0.1) is 24.8 Å². The van der Waals surface area contributed by atoms with Crippen molar-refractivity contribution >= 4 is 52.5 Å². The van der Waals surface area contributed by atoms with E-state index in [4.69, 9.17) is 19.9 Å². The summed E-state index contributed by atoms with van der Waals surface area (Å²) in [7, 11) is 2.79. The molecule has 2 aromatic rings. The van der Waals surface area contributed by atoms with Gasteiger partial charge < -0.3 is 35.7 Å². The van der Waals surface area contributed by atoms with Gasteiger partial charge in [0.25, 0.3) is 5.91 Å². The van der Waals surface area contributed by atoms with Crippen LogP contribution in [0, 0.1) is 0 Å². The molecule has 1 heterocycles. The third kappa shape index (κ3) is 9.63. The lowest BCUT2D eigenvalue weighted by Gasteiger charge is -2.25. The van der Waals surface area contributed by atoms with Crippen molar-refractivity contribution in [3.8, 4) is 17.2 Å². The van der Waals surface area contributed by atoms with Gasteiger partial charge >= 0.3 is 6.09 Å². The molecule has 3 rings (SSSR count). The molecule has 1 aliphatic rings. The van der Waals surface area contributed by atoms with Gasteiger partial charge in [0.1, 0.15) is 17.7 Å². The molecule has 2 atom stereocenters. The summed E-state index contributed by atoms with van der Waals surface area (Å²) in [6, 6.07) is 9.89. The molecule has 0 unspecified atom stereocenters. The van der Waals surface area contributed by atoms with Gasteiger partial charge in [-0.2, -0.15) is 0 Å². The van der Waals surface area contributed by atoms with E-state index in [1.807, 2.05) is 6.07 Å². The number of aliphatic imine (C=N–C) groups is 1. The molecule has 0 bridgehead atoms. The van der Waals surface area contributed by atoms with Crippen LogP contribution in [-0.2, 0) is 19.1 Å². The molecule has 242 valence electrons. The fraction of sp³-hybridized carbons (Fsp3) is 0.387. The highest BCUT2D eigenvalue weighted by Crippen LogP contribution is 2.40. The zero-order valence-corrected chi connectivity index (χ0v) is 26.9. The second kappa shape index (κ2) is 15.3. The fourth-order valence-corrected chi connectivity index (χ4v) is 5.24. The van der Waals surface area contributed by atoms with Crippen molar-refractivity contribution in [3.63, 3.8) is 0 Å². The number of amidine groups is 1. The number of para-hydroxylation sites is 1. The smallest absolute Gasteiger partial charge is 0.407 e. The number of alkyl carbamates (subject to hydrolysis) is 1. The van der Waals surface area contributed by atoms with Gasteiger partial charge in [0.15, 0.2) is 16.7 Å². The molecule has 0 saturated carbocycles. The number of nitrogens with zero attached hydrogens (tertiary/aromatic N) is 2. The lowest BCUT2D eigenvalue weighted by atomic mass is 10.1. The largest absolute Gasteiger partial charge is 0.502 e.